The molecule has 0 radical (unpaired) electrons. The Hall–Kier alpha value is -3.00. The third kappa shape index (κ3) is 4.25. The lowest BCUT2D eigenvalue weighted by Gasteiger charge is -2.41. The number of anilines is 1. The fourth-order valence-electron chi connectivity index (χ4n) is 4.51. The van der Waals surface area contributed by atoms with Gasteiger partial charge in [0.2, 0.25) is 0 Å². The topological polar surface area (TPSA) is 74.5 Å². The zero-order chi connectivity index (χ0) is 22.2. The number of carbonyl (C=O) groups is 1. The Labute approximate surface area is 181 Å². The van der Waals surface area contributed by atoms with E-state index in [1.807, 2.05) is 30.0 Å². The molecule has 1 aliphatic rings. The normalized spacial score (nSPS) is 19.1. The Morgan fingerprint density at radius 2 is 2.13 bits per heavy atom. The fraction of sp³-hybridized carbons (Fsp3) is 0.435. The maximum atomic E-state index is 13.2. The van der Waals surface area contributed by atoms with Crippen molar-refractivity contribution in [2.75, 3.05) is 31.6 Å². The highest BCUT2D eigenvalue weighted by molar-refractivity contribution is 5.97. The number of amides is 1. The molecule has 3 aromatic rings. The van der Waals surface area contributed by atoms with Gasteiger partial charge < -0.3 is 19.5 Å². The third-order valence-electron chi connectivity index (χ3n) is 5.97. The number of aryl methyl sites for hydroxylation is 2. The molecule has 4 rings (SSSR count). The Morgan fingerprint density at radius 3 is 2.84 bits per heavy atom. The lowest BCUT2D eigenvalue weighted by molar-refractivity contribution is -0.000130. The molecule has 1 aliphatic heterocycles. The van der Waals surface area contributed by atoms with Gasteiger partial charge >= 0.3 is 0 Å². The summed E-state index contributed by atoms with van der Waals surface area (Å²) in [5, 5.41) is 11.2. The van der Waals surface area contributed by atoms with Crippen LogP contribution in [0.5, 0.6) is 0 Å². The molecule has 0 spiro atoms. The molecular formula is C23H28FN5O2. The van der Waals surface area contributed by atoms with Crippen molar-refractivity contribution in [3.05, 3.63) is 53.7 Å². The summed E-state index contributed by atoms with van der Waals surface area (Å²) in [6.45, 7) is 6.11. The van der Waals surface area contributed by atoms with Crippen LogP contribution in [0.2, 0.25) is 0 Å². The van der Waals surface area contributed by atoms with Crippen LogP contribution in [0.1, 0.15) is 35.9 Å². The minimum Gasteiger partial charge on any atom is -0.386 e. The van der Waals surface area contributed by atoms with Crippen molar-refractivity contribution in [2.24, 2.45) is 0 Å². The number of hydrogen-bond acceptors (Lipinski definition) is 5. The molecule has 3 heterocycles. The monoisotopic (exact) mass is 425 g/mol. The van der Waals surface area contributed by atoms with Crippen molar-refractivity contribution in [1.29, 1.82) is 0 Å². The summed E-state index contributed by atoms with van der Waals surface area (Å²) in [4.78, 5) is 25.3. The maximum Gasteiger partial charge on any atom is 0.253 e. The summed E-state index contributed by atoms with van der Waals surface area (Å²) in [5.41, 5.74) is 1.28. The highest BCUT2D eigenvalue weighted by Crippen LogP contribution is 2.26. The highest BCUT2D eigenvalue weighted by Gasteiger charge is 2.36. The van der Waals surface area contributed by atoms with E-state index < -0.39 is 11.4 Å². The molecule has 0 saturated carbocycles. The van der Waals surface area contributed by atoms with Crippen LogP contribution in [0, 0.1) is 12.7 Å². The zero-order valence-electron chi connectivity index (χ0n) is 18.2. The molecule has 0 bridgehead atoms. The van der Waals surface area contributed by atoms with Crippen LogP contribution in [0.3, 0.4) is 0 Å². The fourth-order valence-corrected chi connectivity index (χ4v) is 4.51. The van der Waals surface area contributed by atoms with E-state index in [1.165, 1.54) is 12.3 Å². The first-order valence-corrected chi connectivity index (χ1v) is 10.6. The van der Waals surface area contributed by atoms with Crippen LogP contribution in [0.25, 0.3) is 11.0 Å². The van der Waals surface area contributed by atoms with Crippen LogP contribution in [-0.4, -0.2) is 62.7 Å². The number of rotatable bonds is 5. The van der Waals surface area contributed by atoms with Gasteiger partial charge in [0.25, 0.3) is 5.91 Å². The molecule has 1 amide bonds. The number of carbonyl (C=O) groups excluding carboxylic acids is 1. The number of piperidine rings is 1. The van der Waals surface area contributed by atoms with Gasteiger partial charge in [-0.15, -0.1) is 0 Å². The predicted octanol–water partition coefficient (Wildman–Crippen LogP) is 3.00. The van der Waals surface area contributed by atoms with Gasteiger partial charge in [-0.05, 0) is 57.0 Å². The minimum atomic E-state index is -1.07. The summed E-state index contributed by atoms with van der Waals surface area (Å²) in [6.07, 6.45) is 2.52. The van der Waals surface area contributed by atoms with Crippen LogP contribution >= 0.6 is 0 Å². The van der Waals surface area contributed by atoms with E-state index in [2.05, 4.69) is 21.5 Å². The molecule has 31 heavy (non-hydrogen) atoms. The van der Waals surface area contributed by atoms with Crippen LogP contribution in [-0.2, 0) is 6.54 Å². The lowest BCUT2D eigenvalue weighted by Crippen LogP contribution is -2.54. The lowest BCUT2D eigenvalue weighted by atomic mass is 9.92. The summed E-state index contributed by atoms with van der Waals surface area (Å²) in [7, 11) is 1.70. The molecule has 1 N–H and O–H groups in total. The number of imidazole rings is 1. The predicted molar refractivity (Wildman–Crippen MR) is 118 cm³/mol. The number of likely N-dealkylation sites (N-methyl/N-ethyl adjacent to an activating group) is 1. The summed E-state index contributed by atoms with van der Waals surface area (Å²) < 4.78 is 15.3. The molecule has 0 aliphatic carbocycles. The average Bonchev–Trinajstić information content (AvgIpc) is 3.07. The molecule has 1 fully saturated rings. The van der Waals surface area contributed by atoms with Crippen molar-refractivity contribution >= 4 is 22.8 Å². The number of β-amino-alcohol motifs (C(OH)–C–C–N with tert-alkyl or cyclic N) is 1. The van der Waals surface area contributed by atoms with Gasteiger partial charge in [0.05, 0.1) is 29.4 Å². The molecule has 0 unspecified atom stereocenters. The second-order valence-corrected chi connectivity index (χ2v) is 8.35. The largest absolute Gasteiger partial charge is 0.386 e. The van der Waals surface area contributed by atoms with Gasteiger partial charge in [-0.3, -0.25) is 4.79 Å². The number of hydrogen-bond donors (Lipinski definition) is 1. The summed E-state index contributed by atoms with van der Waals surface area (Å²) >= 11 is 0. The molecule has 2 aromatic heterocycles. The Bertz CT molecular complexity index is 1100. The SMILES string of the molecule is CCn1c(C)nc2cc(C(=O)N(C)C[C@]3(O)CCCN(c4ccc(F)cn4)C3)ccc21. The van der Waals surface area contributed by atoms with E-state index in [-0.39, 0.29) is 12.5 Å². The molecule has 7 nitrogen and oxygen atoms in total. The number of pyridine rings is 1. The van der Waals surface area contributed by atoms with E-state index in [1.54, 1.807) is 18.0 Å². The standard InChI is InChI=1S/C23H28FN5O2/c1-4-29-16(2)26-19-12-17(6-8-20(19)29)22(30)27(3)14-23(31)10-5-11-28(15-23)21-9-7-18(24)13-25-21/h6-9,12-13,31H,4-5,10-11,14-15H2,1-3H3/t23-/m1/s1. The smallest absolute Gasteiger partial charge is 0.253 e. The first-order chi connectivity index (χ1) is 14.8. The van der Waals surface area contributed by atoms with Crippen LogP contribution in [0.15, 0.2) is 36.5 Å². The van der Waals surface area contributed by atoms with Gasteiger partial charge in [0.1, 0.15) is 17.5 Å². The quantitative estimate of drug-likeness (QED) is 0.680. The number of fused-ring (bicyclic) bond motifs is 1. The maximum absolute atomic E-state index is 13.2. The number of nitrogens with zero attached hydrogens (tertiary/aromatic N) is 5. The molecule has 8 heteroatoms. The number of halogens is 1. The van der Waals surface area contributed by atoms with E-state index >= 15 is 0 Å². The number of benzene rings is 1. The van der Waals surface area contributed by atoms with Crippen molar-refractivity contribution in [3.8, 4) is 0 Å². The van der Waals surface area contributed by atoms with Gasteiger partial charge in [0, 0.05) is 32.2 Å². The van der Waals surface area contributed by atoms with Crippen LogP contribution < -0.4 is 4.90 Å². The summed E-state index contributed by atoms with van der Waals surface area (Å²) in [6, 6.07) is 8.53. The second kappa shape index (κ2) is 8.26. The average molecular weight is 426 g/mol. The van der Waals surface area contributed by atoms with Gasteiger partial charge in [-0.1, -0.05) is 0 Å². The minimum absolute atomic E-state index is 0.156. The Kier molecular flexibility index (Phi) is 5.66. The first kappa shape index (κ1) is 21.2. The molecule has 1 atom stereocenters. The summed E-state index contributed by atoms with van der Waals surface area (Å²) in [5.74, 6) is 0.996. The van der Waals surface area contributed by atoms with Crippen LogP contribution in [0.4, 0.5) is 10.2 Å². The zero-order valence-corrected chi connectivity index (χ0v) is 18.2. The highest BCUT2D eigenvalue weighted by atomic mass is 19.1. The molecule has 1 saturated heterocycles. The second-order valence-electron chi connectivity index (χ2n) is 8.35. The Balaban J connectivity index is 1.48. The Morgan fingerprint density at radius 1 is 1.32 bits per heavy atom. The molecular weight excluding hydrogens is 397 g/mol. The van der Waals surface area contributed by atoms with E-state index in [0.29, 0.717) is 24.3 Å². The van der Waals surface area contributed by atoms with E-state index in [4.69, 9.17) is 0 Å². The van der Waals surface area contributed by atoms with Crippen molar-refractivity contribution in [2.45, 2.75) is 38.8 Å². The van der Waals surface area contributed by atoms with Gasteiger partial charge in [0.15, 0.2) is 0 Å². The van der Waals surface area contributed by atoms with Gasteiger partial charge in [-0.25, -0.2) is 14.4 Å². The van der Waals surface area contributed by atoms with Gasteiger partial charge in [-0.2, -0.15) is 0 Å². The molecule has 164 valence electrons. The van der Waals surface area contributed by atoms with E-state index in [0.717, 1.165) is 36.4 Å². The molecule has 1 aromatic carbocycles. The van der Waals surface area contributed by atoms with Crippen molar-refractivity contribution in [3.63, 3.8) is 0 Å². The number of aliphatic hydroxyl groups is 1. The van der Waals surface area contributed by atoms with Crippen molar-refractivity contribution in [1.82, 2.24) is 19.4 Å². The number of aromatic nitrogens is 3. The third-order valence-corrected chi connectivity index (χ3v) is 5.97. The van der Waals surface area contributed by atoms with E-state index in [9.17, 15) is 14.3 Å². The van der Waals surface area contributed by atoms with Crippen molar-refractivity contribution < 1.29 is 14.3 Å². The first-order valence-electron chi connectivity index (χ1n) is 10.6.